The first kappa shape index (κ1) is 17.8. The number of aryl methyl sites for hydroxylation is 1. The fraction of sp³-hybridized carbons (Fsp3) is 0.316. The highest BCUT2D eigenvalue weighted by atomic mass is 16.5. The first-order chi connectivity index (χ1) is 11.6. The highest BCUT2D eigenvalue weighted by Crippen LogP contribution is 2.16. The maximum atomic E-state index is 11.9. The van der Waals surface area contributed by atoms with Crippen LogP contribution < -0.4 is 15.4 Å². The van der Waals surface area contributed by atoms with Crippen LogP contribution in [-0.4, -0.2) is 24.8 Å². The zero-order chi connectivity index (χ0) is 17.4. The summed E-state index contributed by atoms with van der Waals surface area (Å²) in [6.07, 6.45) is 0.167. The third kappa shape index (κ3) is 4.99. The SMILES string of the molecule is CCc1ccccc1CNC(=O)NCC(O)c1ccc(OC)cc1. The number of aliphatic hydroxyl groups is 1. The average molecular weight is 328 g/mol. The topological polar surface area (TPSA) is 70.6 Å². The number of hydrogen-bond donors (Lipinski definition) is 3. The lowest BCUT2D eigenvalue weighted by Gasteiger charge is -2.14. The fourth-order valence-corrected chi connectivity index (χ4v) is 2.45. The predicted molar refractivity (Wildman–Crippen MR) is 94.0 cm³/mol. The lowest BCUT2D eigenvalue weighted by atomic mass is 10.1. The highest BCUT2D eigenvalue weighted by Gasteiger charge is 2.10. The number of aliphatic hydroxyl groups excluding tert-OH is 1. The summed E-state index contributed by atoms with van der Waals surface area (Å²) in [6, 6.07) is 14.8. The maximum absolute atomic E-state index is 11.9. The fourth-order valence-electron chi connectivity index (χ4n) is 2.45. The van der Waals surface area contributed by atoms with Crippen molar-refractivity contribution < 1.29 is 14.6 Å². The first-order valence-electron chi connectivity index (χ1n) is 8.04. The van der Waals surface area contributed by atoms with Gasteiger partial charge in [0.2, 0.25) is 0 Å². The van der Waals surface area contributed by atoms with Gasteiger partial charge in [-0.05, 0) is 35.2 Å². The second-order valence-electron chi connectivity index (χ2n) is 5.47. The van der Waals surface area contributed by atoms with Crippen LogP contribution >= 0.6 is 0 Å². The summed E-state index contributed by atoms with van der Waals surface area (Å²) in [5.74, 6) is 0.728. The van der Waals surface area contributed by atoms with Gasteiger partial charge in [-0.2, -0.15) is 0 Å². The van der Waals surface area contributed by atoms with E-state index < -0.39 is 6.10 Å². The summed E-state index contributed by atoms with van der Waals surface area (Å²) in [7, 11) is 1.59. The molecule has 5 heteroatoms. The minimum absolute atomic E-state index is 0.146. The van der Waals surface area contributed by atoms with E-state index in [9.17, 15) is 9.90 Å². The number of benzene rings is 2. The van der Waals surface area contributed by atoms with Crippen LogP contribution in [0.3, 0.4) is 0 Å². The molecule has 2 aromatic carbocycles. The molecule has 3 N–H and O–H groups in total. The van der Waals surface area contributed by atoms with Gasteiger partial charge < -0.3 is 20.5 Å². The Morgan fingerprint density at radius 1 is 1.08 bits per heavy atom. The maximum Gasteiger partial charge on any atom is 0.315 e. The van der Waals surface area contributed by atoms with Crippen LogP contribution in [0.4, 0.5) is 4.79 Å². The van der Waals surface area contributed by atoms with Gasteiger partial charge in [0, 0.05) is 13.1 Å². The monoisotopic (exact) mass is 328 g/mol. The molecule has 0 saturated heterocycles. The Hall–Kier alpha value is -2.53. The van der Waals surface area contributed by atoms with Gasteiger partial charge in [0.05, 0.1) is 13.2 Å². The van der Waals surface area contributed by atoms with Gasteiger partial charge in [-0.3, -0.25) is 0 Å². The number of nitrogens with one attached hydrogen (secondary N) is 2. The van der Waals surface area contributed by atoms with Crippen molar-refractivity contribution in [2.24, 2.45) is 0 Å². The van der Waals surface area contributed by atoms with Gasteiger partial charge in [-0.1, -0.05) is 43.3 Å². The van der Waals surface area contributed by atoms with Crippen LogP contribution in [0.1, 0.15) is 29.7 Å². The Kier molecular flexibility index (Phi) is 6.63. The number of ether oxygens (including phenoxy) is 1. The molecular formula is C19H24N2O3. The number of rotatable bonds is 7. The lowest BCUT2D eigenvalue weighted by Crippen LogP contribution is -2.37. The molecule has 0 aliphatic heterocycles. The third-order valence-corrected chi connectivity index (χ3v) is 3.90. The molecule has 128 valence electrons. The lowest BCUT2D eigenvalue weighted by molar-refractivity contribution is 0.173. The highest BCUT2D eigenvalue weighted by molar-refractivity contribution is 5.73. The van der Waals surface area contributed by atoms with Gasteiger partial charge in [0.25, 0.3) is 0 Å². The molecular weight excluding hydrogens is 304 g/mol. The molecule has 0 aliphatic rings. The third-order valence-electron chi connectivity index (χ3n) is 3.90. The minimum Gasteiger partial charge on any atom is -0.497 e. The number of amides is 2. The molecule has 0 saturated carbocycles. The molecule has 0 spiro atoms. The van der Waals surface area contributed by atoms with Gasteiger partial charge in [0.1, 0.15) is 5.75 Å². The van der Waals surface area contributed by atoms with E-state index in [1.165, 1.54) is 5.56 Å². The molecule has 24 heavy (non-hydrogen) atoms. The second kappa shape index (κ2) is 8.93. The van der Waals surface area contributed by atoms with Crippen molar-refractivity contribution in [3.63, 3.8) is 0 Å². The minimum atomic E-state index is -0.760. The van der Waals surface area contributed by atoms with Crippen LogP contribution in [0.15, 0.2) is 48.5 Å². The molecule has 5 nitrogen and oxygen atoms in total. The smallest absolute Gasteiger partial charge is 0.315 e. The molecule has 0 fully saturated rings. The normalized spacial score (nSPS) is 11.6. The van der Waals surface area contributed by atoms with Crippen LogP contribution in [0.5, 0.6) is 5.75 Å². The number of carbonyl (C=O) groups is 1. The Morgan fingerprint density at radius 3 is 2.38 bits per heavy atom. The van der Waals surface area contributed by atoms with Crippen molar-refractivity contribution in [3.05, 3.63) is 65.2 Å². The summed E-state index contributed by atoms with van der Waals surface area (Å²) >= 11 is 0. The summed E-state index contributed by atoms with van der Waals surface area (Å²) in [4.78, 5) is 11.9. The standard InChI is InChI=1S/C19H24N2O3/c1-3-14-6-4-5-7-16(14)12-20-19(23)21-13-18(22)15-8-10-17(24-2)11-9-15/h4-11,18,22H,3,12-13H2,1-2H3,(H2,20,21,23). The second-order valence-corrected chi connectivity index (χ2v) is 5.47. The molecule has 2 rings (SSSR count). The van der Waals surface area contributed by atoms with E-state index in [2.05, 4.69) is 23.6 Å². The molecule has 0 heterocycles. The zero-order valence-corrected chi connectivity index (χ0v) is 14.1. The molecule has 0 radical (unpaired) electrons. The molecule has 1 atom stereocenters. The van der Waals surface area contributed by atoms with E-state index in [1.807, 2.05) is 18.2 Å². The van der Waals surface area contributed by atoms with Gasteiger partial charge >= 0.3 is 6.03 Å². The summed E-state index contributed by atoms with van der Waals surface area (Å²) in [6.45, 7) is 2.70. The Balaban J connectivity index is 1.79. The number of carbonyl (C=O) groups excluding carboxylic acids is 1. The average Bonchev–Trinajstić information content (AvgIpc) is 2.64. The van der Waals surface area contributed by atoms with Crippen molar-refractivity contribution in [1.82, 2.24) is 10.6 Å². The summed E-state index contributed by atoms with van der Waals surface area (Å²) < 4.78 is 5.08. The summed E-state index contributed by atoms with van der Waals surface area (Å²) in [5.41, 5.74) is 3.05. The molecule has 2 aromatic rings. The van der Waals surface area contributed by atoms with Crippen LogP contribution in [-0.2, 0) is 13.0 Å². The van der Waals surface area contributed by atoms with Crippen LogP contribution in [0, 0.1) is 0 Å². The largest absolute Gasteiger partial charge is 0.497 e. The molecule has 0 bridgehead atoms. The van der Waals surface area contributed by atoms with E-state index in [0.29, 0.717) is 6.54 Å². The molecule has 2 amide bonds. The van der Waals surface area contributed by atoms with E-state index in [-0.39, 0.29) is 12.6 Å². The Bertz CT molecular complexity index is 656. The number of methoxy groups -OCH3 is 1. The van der Waals surface area contributed by atoms with E-state index in [0.717, 1.165) is 23.3 Å². The van der Waals surface area contributed by atoms with Gasteiger partial charge in [-0.15, -0.1) is 0 Å². The van der Waals surface area contributed by atoms with E-state index in [1.54, 1.807) is 31.4 Å². The quantitative estimate of drug-likeness (QED) is 0.732. The van der Waals surface area contributed by atoms with Crippen molar-refractivity contribution >= 4 is 6.03 Å². The van der Waals surface area contributed by atoms with Crippen LogP contribution in [0.25, 0.3) is 0 Å². The Morgan fingerprint density at radius 2 is 1.75 bits per heavy atom. The molecule has 0 aromatic heterocycles. The van der Waals surface area contributed by atoms with E-state index in [4.69, 9.17) is 4.74 Å². The van der Waals surface area contributed by atoms with Gasteiger partial charge in [-0.25, -0.2) is 4.79 Å². The molecule has 1 unspecified atom stereocenters. The summed E-state index contributed by atoms with van der Waals surface area (Å²) in [5, 5.41) is 15.6. The van der Waals surface area contributed by atoms with Gasteiger partial charge in [0.15, 0.2) is 0 Å². The zero-order valence-electron chi connectivity index (χ0n) is 14.1. The van der Waals surface area contributed by atoms with Crippen molar-refractivity contribution in [1.29, 1.82) is 0 Å². The van der Waals surface area contributed by atoms with Crippen molar-refractivity contribution in [3.8, 4) is 5.75 Å². The number of hydrogen-bond acceptors (Lipinski definition) is 3. The van der Waals surface area contributed by atoms with Crippen molar-refractivity contribution in [2.45, 2.75) is 26.0 Å². The predicted octanol–water partition coefficient (Wildman–Crippen LogP) is 2.79. The number of urea groups is 1. The van der Waals surface area contributed by atoms with Crippen LogP contribution in [0.2, 0.25) is 0 Å². The molecule has 0 aliphatic carbocycles. The van der Waals surface area contributed by atoms with E-state index >= 15 is 0 Å². The van der Waals surface area contributed by atoms with Crippen molar-refractivity contribution in [2.75, 3.05) is 13.7 Å². The first-order valence-corrected chi connectivity index (χ1v) is 8.04. The Labute approximate surface area is 142 Å².